The van der Waals surface area contributed by atoms with Crippen LogP contribution < -0.4 is 5.84 Å². The van der Waals surface area contributed by atoms with Crippen LogP contribution in [-0.2, 0) is 13.8 Å². The molecule has 4 N–H and O–H groups in total. The molecule has 1 aromatic rings. The van der Waals surface area contributed by atoms with Gasteiger partial charge in [-0.1, -0.05) is 27.5 Å². The maximum absolute atomic E-state index is 6.17. The Bertz CT molecular complexity index is 427. The first kappa shape index (κ1) is 13.3. The number of alkyl halides is 1. The van der Waals surface area contributed by atoms with Gasteiger partial charge in [0.2, 0.25) is 0 Å². The molecular weight excluding hydrogens is 332 g/mol. The molecule has 0 amide bonds. The van der Waals surface area contributed by atoms with Crippen molar-refractivity contribution < 1.29 is 9.47 Å². The van der Waals surface area contributed by atoms with Gasteiger partial charge in [0, 0.05) is 13.7 Å². The summed E-state index contributed by atoms with van der Waals surface area (Å²) in [5.41, 5.74) is 0. The molecular formula is C8H14BrClN4O2S. The summed E-state index contributed by atoms with van der Waals surface area (Å²) in [4.78, 5) is 2.06. The fourth-order valence-electron chi connectivity index (χ4n) is 1.83. The molecule has 0 spiro atoms. The summed E-state index contributed by atoms with van der Waals surface area (Å²) >= 11 is 11.2. The predicted octanol–water partition coefficient (Wildman–Crippen LogP) is 2.07. The molecule has 0 bridgehead atoms. The lowest BCUT2D eigenvalue weighted by molar-refractivity contribution is -0.165. The van der Waals surface area contributed by atoms with E-state index in [0.29, 0.717) is 11.8 Å². The number of methoxy groups -OCH3 is 1. The number of nitrogen functional groups attached to an aromatic ring is 1. The van der Waals surface area contributed by atoms with Gasteiger partial charge in [-0.15, -0.1) is 4.91 Å². The number of aromatic nitrogens is 3. The summed E-state index contributed by atoms with van der Waals surface area (Å²) in [5, 5.41) is 3.24. The molecule has 2 atom stereocenters. The summed E-state index contributed by atoms with van der Waals surface area (Å²) in [5.74, 6) is 5.52. The molecule has 0 radical (unpaired) electrons. The summed E-state index contributed by atoms with van der Waals surface area (Å²) in [6, 6.07) is 0. The van der Waals surface area contributed by atoms with Crippen LogP contribution in [0.1, 0.15) is 17.7 Å². The maximum Gasteiger partial charge on any atom is 0.177 e. The normalized spacial score (nSPS) is 29.2. The zero-order valence-corrected chi connectivity index (χ0v) is 12.4. The van der Waals surface area contributed by atoms with Gasteiger partial charge in [-0.2, -0.15) is 0 Å². The van der Waals surface area contributed by atoms with Crippen molar-refractivity contribution in [2.24, 2.45) is 0 Å². The number of aromatic amines is 2. The number of rotatable bonds is 2. The van der Waals surface area contributed by atoms with Gasteiger partial charge in [-0.05, 0) is 24.4 Å². The van der Waals surface area contributed by atoms with Crippen LogP contribution in [0.5, 0.6) is 0 Å². The van der Waals surface area contributed by atoms with E-state index < -0.39 is 4.32 Å². The molecule has 2 rings (SSSR count). The second-order valence-electron chi connectivity index (χ2n) is 3.72. The summed E-state index contributed by atoms with van der Waals surface area (Å²) in [6.45, 7) is 0.686. The largest absolute Gasteiger partial charge is 0.354 e. The zero-order chi connectivity index (χ0) is 12.5. The molecule has 2 unspecified atom stereocenters. The third-order valence-corrected chi connectivity index (χ3v) is 5.46. The number of H-pyrrole nitrogens is 2. The molecule has 1 aliphatic rings. The molecule has 1 aliphatic heterocycles. The Labute approximate surface area is 116 Å². The van der Waals surface area contributed by atoms with E-state index >= 15 is 0 Å². The number of nitrogens with two attached hydrogens (primary N) is 1. The van der Waals surface area contributed by atoms with Gasteiger partial charge >= 0.3 is 0 Å². The molecule has 0 aromatic carbocycles. The third-order valence-electron chi connectivity index (χ3n) is 2.58. The summed E-state index contributed by atoms with van der Waals surface area (Å²) in [6.07, 6.45) is 1.43. The molecule has 0 aliphatic carbocycles. The lowest BCUT2D eigenvalue weighted by Gasteiger charge is -2.38. The van der Waals surface area contributed by atoms with E-state index in [9.17, 15) is 0 Å². The van der Waals surface area contributed by atoms with Gasteiger partial charge in [-0.25, -0.2) is 4.49 Å². The van der Waals surface area contributed by atoms with Gasteiger partial charge in [0.1, 0.15) is 9.48 Å². The quantitative estimate of drug-likeness (QED) is 0.567. The first-order valence-electron chi connectivity index (χ1n) is 5.05. The molecule has 2 heterocycles. The zero-order valence-electron chi connectivity index (χ0n) is 9.20. The summed E-state index contributed by atoms with van der Waals surface area (Å²) < 4.78 is 13.4. The van der Waals surface area contributed by atoms with Crippen molar-refractivity contribution in [2.75, 3.05) is 19.6 Å². The Balaban J connectivity index is 2.41. The average Bonchev–Trinajstić information content (AvgIpc) is 2.29. The van der Waals surface area contributed by atoms with Crippen LogP contribution in [-0.4, -0.2) is 34.5 Å². The topological polar surface area (TPSA) is 81.0 Å². The molecule has 9 heteroatoms. The minimum atomic E-state index is -0.455. The Morgan fingerprint density at radius 3 is 3.18 bits per heavy atom. The minimum absolute atomic E-state index is 0.375. The fraction of sp³-hybridized carbons (Fsp3) is 0.750. The van der Waals surface area contributed by atoms with Gasteiger partial charge in [0.05, 0.1) is 4.88 Å². The highest BCUT2D eigenvalue weighted by Gasteiger charge is 2.44. The molecule has 1 aromatic heterocycles. The van der Waals surface area contributed by atoms with Crippen molar-refractivity contribution in [3.63, 3.8) is 0 Å². The SMILES string of the molecule is COC1OCCCC1(Br)c1s[nH]n(N)[nH]c1Cl. The fourth-order valence-corrected chi connectivity index (χ4v) is 4.10. The average molecular weight is 346 g/mol. The van der Waals surface area contributed by atoms with Crippen molar-refractivity contribution in [1.82, 2.24) is 14.5 Å². The highest BCUT2D eigenvalue weighted by atomic mass is 79.9. The Morgan fingerprint density at radius 2 is 2.53 bits per heavy atom. The molecule has 98 valence electrons. The van der Waals surface area contributed by atoms with Crippen LogP contribution in [0.3, 0.4) is 0 Å². The van der Waals surface area contributed by atoms with Crippen molar-refractivity contribution >= 4 is 39.1 Å². The van der Waals surface area contributed by atoms with E-state index in [1.54, 1.807) is 7.11 Å². The first-order valence-corrected chi connectivity index (χ1v) is 7.04. The van der Waals surface area contributed by atoms with Gasteiger partial charge in [0.15, 0.2) is 6.29 Å². The van der Waals surface area contributed by atoms with Crippen molar-refractivity contribution in [3.8, 4) is 0 Å². The Kier molecular flexibility index (Phi) is 4.09. The lowest BCUT2D eigenvalue weighted by Crippen LogP contribution is -2.41. The minimum Gasteiger partial charge on any atom is -0.354 e. The Morgan fingerprint density at radius 1 is 1.76 bits per heavy atom. The lowest BCUT2D eigenvalue weighted by atomic mass is 9.99. The van der Waals surface area contributed by atoms with E-state index in [0.717, 1.165) is 17.7 Å². The number of halogens is 2. The number of nitrogens with one attached hydrogen (secondary N) is 2. The monoisotopic (exact) mass is 344 g/mol. The molecule has 6 nitrogen and oxygen atoms in total. The van der Waals surface area contributed by atoms with Crippen molar-refractivity contribution in [3.05, 3.63) is 10.0 Å². The van der Waals surface area contributed by atoms with Crippen LogP contribution >= 0.6 is 39.1 Å². The smallest absolute Gasteiger partial charge is 0.177 e. The number of hydrogen-bond donors (Lipinski definition) is 3. The van der Waals surface area contributed by atoms with E-state index in [1.807, 2.05) is 0 Å². The highest BCUT2D eigenvalue weighted by molar-refractivity contribution is 9.09. The van der Waals surface area contributed by atoms with Crippen LogP contribution in [0.2, 0.25) is 5.15 Å². The van der Waals surface area contributed by atoms with Crippen molar-refractivity contribution in [2.45, 2.75) is 23.5 Å². The first-order chi connectivity index (χ1) is 8.08. The molecule has 0 saturated carbocycles. The van der Waals surface area contributed by atoms with Gasteiger partial charge in [-0.3, -0.25) is 5.10 Å². The van der Waals surface area contributed by atoms with Crippen LogP contribution in [0.15, 0.2) is 0 Å². The predicted molar refractivity (Wildman–Crippen MR) is 70.4 cm³/mol. The van der Waals surface area contributed by atoms with E-state index in [-0.39, 0.29) is 6.29 Å². The molecule has 1 fully saturated rings. The number of hydrogen-bond acceptors (Lipinski definition) is 4. The summed E-state index contributed by atoms with van der Waals surface area (Å²) in [7, 11) is 1.62. The van der Waals surface area contributed by atoms with Crippen LogP contribution in [0.25, 0.3) is 0 Å². The maximum atomic E-state index is 6.17. The highest BCUT2D eigenvalue weighted by Crippen LogP contribution is 2.46. The molecule has 1 saturated heterocycles. The van der Waals surface area contributed by atoms with Crippen molar-refractivity contribution in [1.29, 1.82) is 0 Å². The second kappa shape index (κ2) is 5.23. The van der Waals surface area contributed by atoms with E-state index in [2.05, 4.69) is 25.5 Å². The molecule has 17 heavy (non-hydrogen) atoms. The second-order valence-corrected chi connectivity index (χ2v) is 6.31. The van der Waals surface area contributed by atoms with Crippen LogP contribution in [0, 0.1) is 0 Å². The van der Waals surface area contributed by atoms with Gasteiger partial charge < -0.3 is 15.3 Å². The standard InChI is InChI=1S/C8H14BrClN4O2S/c1-15-7-8(9,3-2-4-16-7)5-6(10)12-14(11)13-17-5/h7,12-13H,2-4,11H2,1H3. The third kappa shape index (κ3) is 2.50. The number of nitrogens with zero attached hydrogens (tertiary/aromatic N) is 1. The Hall–Kier alpha value is -0.150. The van der Waals surface area contributed by atoms with Gasteiger partial charge in [0.25, 0.3) is 0 Å². The van der Waals surface area contributed by atoms with Crippen LogP contribution in [0.4, 0.5) is 0 Å². The van der Waals surface area contributed by atoms with E-state index in [4.69, 9.17) is 26.9 Å². The van der Waals surface area contributed by atoms with E-state index in [1.165, 1.54) is 16.4 Å². The number of ether oxygens (including phenoxy) is 2.